The van der Waals surface area contributed by atoms with E-state index in [1.165, 1.54) is 0 Å². The molecule has 5 heteroatoms. The van der Waals surface area contributed by atoms with Gasteiger partial charge in [0.25, 0.3) is 5.82 Å². The van der Waals surface area contributed by atoms with E-state index in [0.717, 1.165) is 16.8 Å². The molecule has 0 saturated carbocycles. The number of aryl methyl sites for hydroxylation is 1. The van der Waals surface area contributed by atoms with E-state index in [1.807, 2.05) is 43.1 Å². The van der Waals surface area contributed by atoms with Gasteiger partial charge in [-0.05, 0) is 12.1 Å². The Kier molecular flexibility index (Phi) is 3.25. The van der Waals surface area contributed by atoms with Crippen molar-refractivity contribution in [2.75, 3.05) is 7.11 Å². The van der Waals surface area contributed by atoms with Crippen LogP contribution in [0.3, 0.4) is 0 Å². The Morgan fingerprint density at radius 2 is 2.14 bits per heavy atom. The van der Waals surface area contributed by atoms with Crippen LogP contribution in [0.2, 0.25) is 0 Å². The minimum atomic E-state index is -0.347. The molecular formula is C16H17N2O3+. The van der Waals surface area contributed by atoms with E-state index in [0.29, 0.717) is 17.9 Å². The van der Waals surface area contributed by atoms with Crippen molar-refractivity contribution in [3.8, 4) is 5.75 Å². The molecule has 3 aromatic rings. The summed E-state index contributed by atoms with van der Waals surface area (Å²) in [5.74, 6) is 1.79. The van der Waals surface area contributed by atoms with E-state index in [2.05, 4.69) is 4.57 Å². The van der Waals surface area contributed by atoms with Gasteiger partial charge < -0.3 is 9.15 Å². The van der Waals surface area contributed by atoms with Crippen LogP contribution in [0, 0.1) is 6.92 Å². The Balaban J connectivity index is 2.13. The Morgan fingerprint density at radius 3 is 2.81 bits per heavy atom. The fraction of sp³-hybridized carbons (Fsp3) is 0.250. The van der Waals surface area contributed by atoms with Gasteiger partial charge in [0.15, 0.2) is 0 Å². The van der Waals surface area contributed by atoms with E-state index in [1.54, 1.807) is 19.2 Å². The molecule has 1 aromatic carbocycles. The number of rotatable bonds is 3. The highest BCUT2D eigenvalue weighted by Gasteiger charge is 2.13. The van der Waals surface area contributed by atoms with Crippen molar-refractivity contribution in [1.82, 2.24) is 4.57 Å². The number of hydrogen-bond donors (Lipinski definition) is 0. The zero-order valence-corrected chi connectivity index (χ0v) is 12.3. The molecule has 0 aliphatic rings. The summed E-state index contributed by atoms with van der Waals surface area (Å²) >= 11 is 0. The molecule has 0 amide bonds. The fourth-order valence-electron chi connectivity index (χ4n) is 2.42. The number of methoxy groups -OCH3 is 1. The van der Waals surface area contributed by atoms with Gasteiger partial charge in [-0.1, -0.05) is 0 Å². The lowest BCUT2D eigenvalue weighted by molar-refractivity contribution is -0.677. The van der Waals surface area contributed by atoms with Gasteiger partial charge in [-0.2, -0.15) is 0 Å². The first-order chi connectivity index (χ1) is 10.1. The summed E-state index contributed by atoms with van der Waals surface area (Å²) < 4.78 is 14.6. The zero-order chi connectivity index (χ0) is 15.0. The molecule has 3 rings (SSSR count). The molecule has 2 aromatic heterocycles. The number of hydrogen-bond acceptors (Lipinski definition) is 3. The number of imidazole rings is 1. The minimum Gasteiger partial charge on any atom is -0.497 e. The van der Waals surface area contributed by atoms with Crippen LogP contribution in [-0.2, 0) is 13.6 Å². The third kappa shape index (κ3) is 2.42. The first-order valence-electron chi connectivity index (χ1n) is 6.70. The highest BCUT2D eigenvalue weighted by molar-refractivity contribution is 5.81. The third-order valence-electron chi connectivity index (χ3n) is 3.77. The number of nitrogens with zero attached hydrogens (tertiary/aromatic N) is 2. The van der Waals surface area contributed by atoms with Crippen LogP contribution in [-0.4, -0.2) is 11.7 Å². The summed E-state index contributed by atoms with van der Waals surface area (Å²) in [5.41, 5.74) is 1.13. The topological polar surface area (TPSA) is 48.2 Å². The average molecular weight is 285 g/mol. The van der Waals surface area contributed by atoms with Gasteiger partial charge >= 0.3 is 5.63 Å². The summed E-state index contributed by atoms with van der Waals surface area (Å²) in [6.45, 7) is 2.66. The van der Waals surface area contributed by atoms with Gasteiger partial charge in [0.2, 0.25) is 0 Å². The van der Waals surface area contributed by atoms with Crippen molar-refractivity contribution in [1.29, 1.82) is 0 Å². The van der Waals surface area contributed by atoms with Crippen LogP contribution >= 0.6 is 0 Å². The Morgan fingerprint density at radius 1 is 1.33 bits per heavy atom. The summed E-state index contributed by atoms with van der Waals surface area (Å²) in [7, 11) is 3.58. The second-order valence-corrected chi connectivity index (χ2v) is 5.04. The van der Waals surface area contributed by atoms with E-state index in [9.17, 15) is 4.79 Å². The lowest BCUT2D eigenvalue weighted by Gasteiger charge is -2.06. The van der Waals surface area contributed by atoms with Crippen LogP contribution in [0.15, 0.2) is 45.9 Å². The van der Waals surface area contributed by atoms with E-state index in [4.69, 9.17) is 9.15 Å². The second-order valence-electron chi connectivity index (χ2n) is 5.04. The molecule has 0 aliphatic heterocycles. The lowest BCUT2D eigenvalue weighted by Crippen LogP contribution is -2.29. The Hall–Kier alpha value is -2.56. The summed E-state index contributed by atoms with van der Waals surface area (Å²) in [5, 5.41) is 0.922. The molecule has 21 heavy (non-hydrogen) atoms. The summed E-state index contributed by atoms with van der Waals surface area (Å²) in [6, 6.07) is 7.08. The maximum atomic E-state index is 11.8. The van der Waals surface area contributed by atoms with Crippen LogP contribution in [0.1, 0.15) is 11.4 Å². The molecule has 0 atom stereocenters. The molecular weight excluding hydrogens is 268 g/mol. The average Bonchev–Trinajstić information content (AvgIpc) is 2.78. The van der Waals surface area contributed by atoms with Gasteiger partial charge in [-0.25, -0.2) is 13.9 Å². The maximum Gasteiger partial charge on any atom is 0.336 e. The van der Waals surface area contributed by atoms with Crippen molar-refractivity contribution in [2.45, 2.75) is 13.5 Å². The predicted molar refractivity (Wildman–Crippen MR) is 78.5 cm³/mol. The number of aromatic nitrogens is 2. The summed E-state index contributed by atoms with van der Waals surface area (Å²) in [6.07, 6.45) is 3.99. The zero-order valence-electron chi connectivity index (χ0n) is 12.3. The van der Waals surface area contributed by atoms with Crippen molar-refractivity contribution in [3.05, 3.63) is 58.5 Å². The Labute approximate surface area is 122 Å². The monoisotopic (exact) mass is 285 g/mol. The standard InChI is InChI=1S/C16H17N2O3/c1-11-17(2)6-7-18(11)10-12-8-16(19)21-15-9-13(20-3)4-5-14(12)15/h4-9H,10H2,1-3H3/q+1. The molecule has 108 valence electrons. The van der Waals surface area contributed by atoms with E-state index in [-0.39, 0.29) is 5.63 Å². The molecule has 0 saturated heterocycles. The molecule has 5 nitrogen and oxygen atoms in total. The quantitative estimate of drug-likeness (QED) is 0.544. The second kappa shape index (κ2) is 5.09. The Bertz CT molecular complexity index is 862. The van der Waals surface area contributed by atoms with Crippen LogP contribution < -0.4 is 14.9 Å². The third-order valence-corrected chi connectivity index (χ3v) is 3.77. The predicted octanol–water partition coefficient (Wildman–Crippen LogP) is 1.78. The number of fused-ring (bicyclic) bond motifs is 1. The van der Waals surface area contributed by atoms with E-state index >= 15 is 0 Å². The molecule has 0 unspecified atom stereocenters. The van der Waals surface area contributed by atoms with Gasteiger partial charge in [-0.15, -0.1) is 0 Å². The van der Waals surface area contributed by atoms with E-state index < -0.39 is 0 Å². The molecule has 0 aliphatic carbocycles. The SMILES string of the molecule is COc1ccc2c(Cn3cc[n+](C)c3C)cc(=O)oc2c1. The van der Waals surface area contributed by atoms with Gasteiger partial charge in [0.05, 0.1) is 14.2 Å². The lowest BCUT2D eigenvalue weighted by atomic mass is 10.1. The minimum absolute atomic E-state index is 0.347. The van der Waals surface area contributed by atoms with Crippen molar-refractivity contribution in [2.24, 2.45) is 7.05 Å². The highest BCUT2D eigenvalue weighted by atomic mass is 16.5. The summed E-state index contributed by atoms with van der Waals surface area (Å²) in [4.78, 5) is 11.8. The fourth-order valence-corrected chi connectivity index (χ4v) is 2.42. The molecule has 0 N–H and O–H groups in total. The molecule has 0 fully saturated rings. The normalized spacial score (nSPS) is 11.0. The molecule has 0 spiro atoms. The maximum absolute atomic E-state index is 11.8. The van der Waals surface area contributed by atoms with Gasteiger partial charge in [-0.3, -0.25) is 0 Å². The number of ether oxygens (including phenoxy) is 1. The van der Waals surface area contributed by atoms with Crippen LogP contribution in [0.25, 0.3) is 11.0 Å². The van der Waals surface area contributed by atoms with Crippen LogP contribution in [0.5, 0.6) is 5.75 Å². The first-order valence-corrected chi connectivity index (χ1v) is 6.70. The molecule has 0 bridgehead atoms. The number of benzene rings is 1. The highest BCUT2D eigenvalue weighted by Crippen LogP contribution is 2.23. The van der Waals surface area contributed by atoms with Crippen LogP contribution in [0.4, 0.5) is 0 Å². The van der Waals surface area contributed by atoms with Crippen molar-refractivity contribution in [3.63, 3.8) is 0 Å². The molecule has 0 radical (unpaired) electrons. The van der Waals surface area contributed by atoms with Crippen molar-refractivity contribution < 1.29 is 13.7 Å². The van der Waals surface area contributed by atoms with Gasteiger partial charge in [0.1, 0.15) is 30.3 Å². The molecule has 2 heterocycles. The van der Waals surface area contributed by atoms with Crippen molar-refractivity contribution >= 4 is 11.0 Å². The largest absolute Gasteiger partial charge is 0.497 e. The first kappa shape index (κ1) is 13.4. The smallest absolute Gasteiger partial charge is 0.336 e. The van der Waals surface area contributed by atoms with Gasteiger partial charge in [0, 0.05) is 30.0 Å².